The fourth-order valence-corrected chi connectivity index (χ4v) is 3.67. The van der Waals surface area contributed by atoms with Crippen molar-refractivity contribution in [3.05, 3.63) is 66.2 Å². The van der Waals surface area contributed by atoms with Crippen LogP contribution in [0.4, 0.5) is 11.4 Å². The zero-order valence-corrected chi connectivity index (χ0v) is 14.2. The first kappa shape index (κ1) is 15.0. The van der Waals surface area contributed by atoms with Crippen molar-refractivity contribution in [1.82, 2.24) is 0 Å². The van der Waals surface area contributed by atoms with Crippen LogP contribution in [0.2, 0.25) is 0 Å². The average Bonchev–Trinajstić information content (AvgIpc) is 2.94. The molecule has 2 aliphatic heterocycles. The molecule has 1 spiro atoms. The number of fused-ring (bicyclic) bond motifs is 4. The number of ether oxygens (including phenoxy) is 1. The van der Waals surface area contributed by atoms with E-state index >= 15 is 0 Å². The molecule has 0 bridgehead atoms. The molecule has 3 aromatic carbocycles. The zero-order chi connectivity index (χ0) is 17.7. The number of benzene rings is 3. The molecule has 1 atom stereocenters. The summed E-state index contributed by atoms with van der Waals surface area (Å²) in [6.45, 7) is 1.38. The normalized spacial score (nSPS) is 20.0. The van der Waals surface area contributed by atoms with Crippen LogP contribution in [-0.2, 0) is 16.1 Å². The number of rotatable bonds is 1. The standard InChI is InChI=1S/C21H16N2O3/c1-14(24)26-23-18-9-5-3-7-16(18)12-21(23)13-22-20-17-8-4-2-6-15(17)10-11-19(20)25-21/h2-11,13H,12H2,1H3. The number of carbonyl (C=O) groups is 1. The third kappa shape index (κ3) is 2.10. The Hall–Kier alpha value is -3.34. The van der Waals surface area contributed by atoms with Crippen LogP contribution in [-0.4, -0.2) is 17.9 Å². The second-order valence-corrected chi connectivity index (χ2v) is 6.52. The third-order valence-electron chi connectivity index (χ3n) is 4.76. The van der Waals surface area contributed by atoms with E-state index in [4.69, 9.17) is 14.6 Å². The second-order valence-electron chi connectivity index (χ2n) is 6.52. The Labute approximate surface area is 150 Å². The Kier molecular flexibility index (Phi) is 3.06. The van der Waals surface area contributed by atoms with Crippen molar-refractivity contribution >= 4 is 34.3 Å². The van der Waals surface area contributed by atoms with E-state index in [2.05, 4.69) is 0 Å². The van der Waals surface area contributed by atoms with Crippen molar-refractivity contribution in [1.29, 1.82) is 0 Å². The summed E-state index contributed by atoms with van der Waals surface area (Å²) in [6, 6.07) is 19.8. The fourth-order valence-electron chi connectivity index (χ4n) is 3.67. The maximum Gasteiger partial charge on any atom is 0.329 e. The van der Waals surface area contributed by atoms with Crippen molar-refractivity contribution in [3.63, 3.8) is 0 Å². The zero-order valence-electron chi connectivity index (χ0n) is 14.2. The molecule has 0 aromatic heterocycles. The van der Waals surface area contributed by atoms with Gasteiger partial charge in [-0.1, -0.05) is 48.5 Å². The third-order valence-corrected chi connectivity index (χ3v) is 4.76. The molecule has 26 heavy (non-hydrogen) atoms. The van der Waals surface area contributed by atoms with Crippen LogP contribution >= 0.6 is 0 Å². The van der Waals surface area contributed by atoms with E-state index in [1.165, 1.54) is 12.0 Å². The van der Waals surface area contributed by atoms with Gasteiger partial charge in [0.2, 0.25) is 0 Å². The van der Waals surface area contributed by atoms with Gasteiger partial charge in [-0.2, -0.15) is 5.06 Å². The topological polar surface area (TPSA) is 51.1 Å². The number of aliphatic imine (C=N–C) groups is 1. The van der Waals surface area contributed by atoms with Gasteiger partial charge in [0.1, 0.15) is 11.4 Å². The van der Waals surface area contributed by atoms with Gasteiger partial charge in [0, 0.05) is 18.7 Å². The predicted octanol–water partition coefficient (Wildman–Crippen LogP) is 4.17. The SMILES string of the molecule is CC(=O)ON1c2ccccc2CC12C=Nc1c(ccc3ccccc13)O2. The van der Waals surface area contributed by atoms with Crippen molar-refractivity contribution in [2.75, 3.05) is 5.06 Å². The summed E-state index contributed by atoms with van der Waals surface area (Å²) >= 11 is 0. The molecule has 0 amide bonds. The summed E-state index contributed by atoms with van der Waals surface area (Å²) < 4.78 is 6.38. The van der Waals surface area contributed by atoms with Gasteiger partial charge in [-0.3, -0.25) is 9.79 Å². The Morgan fingerprint density at radius 3 is 2.81 bits per heavy atom. The summed E-state index contributed by atoms with van der Waals surface area (Å²) in [6.07, 6.45) is 2.29. The van der Waals surface area contributed by atoms with Crippen molar-refractivity contribution < 1.29 is 14.4 Å². The fraction of sp³-hybridized carbons (Fsp3) is 0.143. The lowest BCUT2D eigenvalue weighted by Crippen LogP contribution is -2.54. The van der Waals surface area contributed by atoms with Crippen LogP contribution in [0.25, 0.3) is 10.8 Å². The molecule has 3 aromatic rings. The minimum atomic E-state index is -0.967. The molecule has 2 heterocycles. The van der Waals surface area contributed by atoms with Crippen LogP contribution in [0.3, 0.4) is 0 Å². The maximum atomic E-state index is 11.7. The Bertz CT molecular complexity index is 1080. The van der Waals surface area contributed by atoms with E-state index in [-0.39, 0.29) is 0 Å². The molecule has 0 saturated heterocycles. The monoisotopic (exact) mass is 344 g/mol. The highest BCUT2D eigenvalue weighted by Crippen LogP contribution is 2.46. The largest absolute Gasteiger partial charge is 0.457 e. The first-order valence-corrected chi connectivity index (χ1v) is 8.49. The molecule has 128 valence electrons. The van der Waals surface area contributed by atoms with Gasteiger partial charge < -0.3 is 9.57 Å². The minimum absolute atomic E-state index is 0.401. The number of para-hydroxylation sites is 1. The molecular weight excluding hydrogens is 328 g/mol. The number of hydrogen-bond donors (Lipinski definition) is 0. The summed E-state index contributed by atoms with van der Waals surface area (Å²) in [7, 11) is 0. The van der Waals surface area contributed by atoms with E-state index in [1.54, 1.807) is 6.21 Å². The average molecular weight is 344 g/mol. The molecule has 5 nitrogen and oxygen atoms in total. The molecule has 5 heteroatoms. The number of anilines is 1. The molecular formula is C21H16N2O3. The number of hydroxylamine groups is 1. The first-order chi connectivity index (χ1) is 12.7. The van der Waals surface area contributed by atoms with E-state index in [9.17, 15) is 4.79 Å². The molecule has 0 N–H and O–H groups in total. The van der Waals surface area contributed by atoms with Gasteiger partial charge >= 0.3 is 5.97 Å². The quantitative estimate of drug-likeness (QED) is 0.665. The summed E-state index contributed by atoms with van der Waals surface area (Å²) in [4.78, 5) is 21.9. The Morgan fingerprint density at radius 2 is 1.92 bits per heavy atom. The minimum Gasteiger partial charge on any atom is -0.457 e. The van der Waals surface area contributed by atoms with Crippen LogP contribution in [0.1, 0.15) is 12.5 Å². The molecule has 0 aliphatic carbocycles. The Balaban J connectivity index is 1.64. The van der Waals surface area contributed by atoms with E-state index in [0.29, 0.717) is 12.2 Å². The van der Waals surface area contributed by atoms with Crippen LogP contribution < -0.4 is 9.80 Å². The summed E-state index contributed by atoms with van der Waals surface area (Å²) in [5.74, 6) is 0.276. The van der Waals surface area contributed by atoms with Gasteiger partial charge in [0.15, 0.2) is 0 Å². The molecule has 0 saturated carbocycles. The number of carbonyl (C=O) groups excluding carboxylic acids is 1. The van der Waals surface area contributed by atoms with E-state index in [1.807, 2.05) is 60.7 Å². The first-order valence-electron chi connectivity index (χ1n) is 8.49. The predicted molar refractivity (Wildman–Crippen MR) is 99.9 cm³/mol. The highest BCUT2D eigenvalue weighted by atomic mass is 16.7. The van der Waals surface area contributed by atoms with Crippen molar-refractivity contribution in [2.24, 2.45) is 4.99 Å². The van der Waals surface area contributed by atoms with Gasteiger partial charge in [0.25, 0.3) is 5.72 Å². The van der Waals surface area contributed by atoms with E-state index < -0.39 is 11.7 Å². The lowest BCUT2D eigenvalue weighted by atomic mass is 10.0. The van der Waals surface area contributed by atoms with Gasteiger partial charge in [-0.15, -0.1) is 0 Å². The molecule has 5 rings (SSSR count). The molecule has 0 fully saturated rings. The lowest BCUT2D eigenvalue weighted by molar-refractivity contribution is -0.147. The van der Waals surface area contributed by atoms with Crippen LogP contribution in [0, 0.1) is 0 Å². The van der Waals surface area contributed by atoms with Crippen LogP contribution in [0.15, 0.2) is 65.7 Å². The molecule has 1 unspecified atom stereocenters. The van der Waals surface area contributed by atoms with E-state index in [0.717, 1.165) is 27.7 Å². The summed E-state index contributed by atoms with van der Waals surface area (Å²) in [5.41, 5.74) is 1.69. The number of nitrogens with zero attached hydrogens (tertiary/aromatic N) is 2. The highest BCUT2D eigenvalue weighted by Gasteiger charge is 2.49. The van der Waals surface area contributed by atoms with Crippen LogP contribution in [0.5, 0.6) is 5.75 Å². The Morgan fingerprint density at radius 1 is 1.12 bits per heavy atom. The highest BCUT2D eigenvalue weighted by molar-refractivity contribution is 5.99. The molecule has 2 aliphatic rings. The second kappa shape index (κ2) is 5.33. The van der Waals surface area contributed by atoms with Gasteiger partial charge in [-0.05, 0) is 23.1 Å². The van der Waals surface area contributed by atoms with Gasteiger partial charge in [-0.25, -0.2) is 0 Å². The molecule has 0 radical (unpaired) electrons. The van der Waals surface area contributed by atoms with Gasteiger partial charge in [0.05, 0.1) is 11.9 Å². The van der Waals surface area contributed by atoms with Crippen molar-refractivity contribution in [3.8, 4) is 5.75 Å². The van der Waals surface area contributed by atoms with Crippen molar-refractivity contribution in [2.45, 2.75) is 19.1 Å². The lowest BCUT2D eigenvalue weighted by Gasteiger charge is -2.37. The smallest absolute Gasteiger partial charge is 0.329 e. The summed E-state index contributed by atoms with van der Waals surface area (Å²) in [5, 5.41) is 3.67. The maximum absolute atomic E-state index is 11.7. The number of hydrogen-bond acceptors (Lipinski definition) is 5.